The maximum atomic E-state index is 13.5. The molecule has 0 saturated carbocycles. The van der Waals surface area contributed by atoms with E-state index >= 15 is 0 Å². The SMILES string of the molecule is Cc1ccc(OC(c2ccccn2)C(C)N)cc1F. The van der Waals surface area contributed by atoms with E-state index in [9.17, 15) is 4.39 Å². The van der Waals surface area contributed by atoms with Crippen molar-refractivity contribution in [2.24, 2.45) is 5.73 Å². The van der Waals surface area contributed by atoms with Gasteiger partial charge in [-0.3, -0.25) is 4.98 Å². The highest BCUT2D eigenvalue weighted by Crippen LogP contribution is 2.24. The molecule has 3 nitrogen and oxygen atoms in total. The van der Waals surface area contributed by atoms with Gasteiger partial charge >= 0.3 is 0 Å². The summed E-state index contributed by atoms with van der Waals surface area (Å²) in [4.78, 5) is 4.24. The molecule has 0 aliphatic rings. The second-order valence-corrected chi connectivity index (χ2v) is 4.56. The van der Waals surface area contributed by atoms with Gasteiger partial charge in [0.05, 0.1) is 5.69 Å². The molecule has 2 rings (SSSR count). The first-order valence-corrected chi connectivity index (χ1v) is 6.17. The van der Waals surface area contributed by atoms with Gasteiger partial charge < -0.3 is 10.5 Å². The molecular formula is C15H17FN2O. The predicted molar refractivity (Wildman–Crippen MR) is 72.4 cm³/mol. The summed E-state index contributed by atoms with van der Waals surface area (Å²) < 4.78 is 19.3. The van der Waals surface area contributed by atoms with E-state index in [0.29, 0.717) is 11.3 Å². The van der Waals surface area contributed by atoms with Crippen LogP contribution in [0.3, 0.4) is 0 Å². The summed E-state index contributed by atoms with van der Waals surface area (Å²) >= 11 is 0. The van der Waals surface area contributed by atoms with Crippen LogP contribution in [0.4, 0.5) is 4.39 Å². The van der Waals surface area contributed by atoms with Crippen LogP contribution in [0.1, 0.15) is 24.3 Å². The Hall–Kier alpha value is -1.94. The Bertz CT molecular complexity index is 543. The Morgan fingerprint density at radius 1 is 1.26 bits per heavy atom. The third kappa shape index (κ3) is 3.29. The summed E-state index contributed by atoms with van der Waals surface area (Å²) in [5.41, 5.74) is 7.25. The predicted octanol–water partition coefficient (Wildman–Crippen LogP) is 3.00. The number of ether oxygens (including phenoxy) is 1. The van der Waals surface area contributed by atoms with Crippen LogP contribution in [0.25, 0.3) is 0 Å². The first kappa shape index (κ1) is 13.5. The Kier molecular flexibility index (Phi) is 4.12. The minimum atomic E-state index is -0.400. The number of nitrogens with two attached hydrogens (primary N) is 1. The second-order valence-electron chi connectivity index (χ2n) is 4.56. The van der Waals surface area contributed by atoms with Crippen molar-refractivity contribution in [1.82, 2.24) is 4.98 Å². The van der Waals surface area contributed by atoms with Gasteiger partial charge in [0.15, 0.2) is 6.10 Å². The van der Waals surface area contributed by atoms with Crippen molar-refractivity contribution in [2.75, 3.05) is 0 Å². The molecule has 0 fully saturated rings. The average molecular weight is 260 g/mol. The zero-order valence-electron chi connectivity index (χ0n) is 11.0. The second kappa shape index (κ2) is 5.80. The third-order valence-electron chi connectivity index (χ3n) is 2.86. The third-order valence-corrected chi connectivity index (χ3v) is 2.86. The summed E-state index contributed by atoms with van der Waals surface area (Å²) in [5.74, 6) is 0.165. The van der Waals surface area contributed by atoms with Crippen molar-refractivity contribution in [3.8, 4) is 5.75 Å². The molecular weight excluding hydrogens is 243 g/mol. The monoisotopic (exact) mass is 260 g/mol. The highest BCUT2D eigenvalue weighted by molar-refractivity contribution is 5.29. The van der Waals surface area contributed by atoms with Crippen molar-refractivity contribution in [2.45, 2.75) is 26.0 Å². The quantitative estimate of drug-likeness (QED) is 0.919. The van der Waals surface area contributed by atoms with Gasteiger partial charge in [0.2, 0.25) is 0 Å². The van der Waals surface area contributed by atoms with Crippen LogP contribution < -0.4 is 10.5 Å². The van der Waals surface area contributed by atoms with Crippen molar-refractivity contribution in [3.05, 3.63) is 59.7 Å². The van der Waals surface area contributed by atoms with Crippen LogP contribution in [0.15, 0.2) is 42.6 Å². The largest absolute Gasteiger partial charge is 0.482 e. The fourth-order valence-corrected chi connectivity index (χ4v) is 1.77. The molecule has 2 unspecified atom stereocenters. The molecule has 0 bridgehead atoms. The van der Waals surface area contributed by atoms with Crippen LogP contribution in [-0.4, -0.2) is 11.0 Å². The molecule has 2 atom stereocenters. The van der Waals surface area contributed by atoms with Crippen LogP contribution in [0, 0.1) is 12.7 Å². The number of benzene rings is 1. The van der Waals surface area contributed by atoms with Crippen LogP contribution in [0.2, 0.25) is 0 Å². The van der Waals surface area contributed by atoms with Crippen LogP contribution >= 0.6 is 0 Å². The van der Waals surface area contributed by atoms with Gasteiger partial charge in [-0.2, -0.15) is 0 Å². The molecule has 2 aromatic rings. The van der Waals surface area contributed by atoms with Gasteiger partial charge in [0.1, 0.15) is 11.6 Å². The summed E-state index contributed by atoms with van der Waals surface area (Å²) in [5, 5.41) is 0. The van der Waals surface area contributed by atoms with Crippen molar-refractivity contribution in [1.29, 1.82) is 0 Å². The van der Waals surface area contributed by atoms with E-state index in [4.69, 9.17) is 10.5 Å². The summed E-state index contributed by atoms with van der Waals surface area (Å²) in [7, 11) is 0. The molecule has 1 aromatic heterocycles. The number of aromatic nitrogens is 1. The van der Waals surface area contributed by atoms with E-state index < -0.39 is 6.10 Å². The number of nitrogens with zero attached hydrogens (tertiary/aromatic N) is 1. The smallest absolute Gasteiger partial charge is 0.155 e. The molecule has 0 amide bonds. The van der Waals surface area contributed by atoms with E-state index in [-0.39, 0.29) is 11.9 Å². The maximum absolute atomic E-state index is 13.5. The molecule has 1 heterocycles. The van der Waals surface area contributed by atoms with E-state index in [1.165, 1.54) is 6.07 Å². The number of halogens is 1. The van der Waals surface area contributed by atoms with Gasteiger partial charge in [-0.1, -0.05) is 12.1 Å². The number of pyridine rings is 1. The summed E-state index contributed by atoms with van der Waals surface area (Å²) in [6, 6.07) is 10.1. The van der Waals surface area contributed by atoms with Crippen molar-refractivity contribution in [3.63, 3.8) is 0 Å². The number of hydrogen-bond donors (Lipinski definition) is 1. The zero-order chi connectivity index (χ0) is 13.8. The van der Waals surface area contributed by atoms with E-state index in [2.05, 4.69) is 4.98 Å². The Balaban J connectivity index is 2.24. The standard InChI is InChI=1S/C15H17FN2O/c1-10-6-7-12(9-13(10)16)19-15(11(2)17)14-5-3-4-8-18-14/h3-9,11,15H,17H2,1-2H3. The Labute approximate surface area is 112 Å². The number of hydrogen-bond acceptors (Lipinski definition) is 3. The minimum absolute atomic E-state index is 0.251. The molecule has 100 valence electrons. The lowest BCUT2D eigenvalue weighted by molar-refractivity contribution is 0.175. The number of rotatable bonds is 4. The van der Waals surface area contributed by atoms with Gasteiger partial charge in [0, 0.05) is 18.3 Å². The molecule has 0 aliphatic heterocycles. The lowest BCUT2D eigenvalue weighted by Gasteiger charge is -2.22. The van der Waals surface area contributed by atoms with Crippen molar-refractivity contribution >= 4 is 0 Å². The highest BCUT2D eigenvalue weighted by atomic mass is 19.1. The van der Waals surface area contributed by atoms with E-state index in [1.807, 2.05) is 25.1 Å². The Morgan fingerprint density at radius 3 is 2.63 bits per heavy atom. The normalized spacial score (nSPS) is 13.9. The average Bonchev–Trinajstić information content (AvgIpc) is 2.40. The van der Waals surface area contributed by atoms with Crippen molar-refractivity contribution < 1.29 is 9.13 Å². The van der Waals surface area contributed by atoms with Gasteiger partial charge in [0.25, 0.3) is 0 Å². The summed E-state index contributed by atoms with van der Waals surface area (Å²) in [6.07, 6.45) is 1.28. The summed E-state index contributed by atoms with van der Waals surface area (Å²) in [6.45, 7) is 3.55. The fraction of sp³-hybridized carbons (Fsp3) is 0.267. The lowest BCUT2D eigenvalue weighted by Crippen LogP contribution is -2.29. The molecule has 0 spiro atoms. The van der Waals surface area contributed by atoms with Gasteiger partial charge in [-0.15, -0.1) is 0 Å². The zero-order valence-corrected chi connectivity index (χ0v) is 11.0. The molecule has 19 heavy (non-hydrogen) atoms. The lowest BCUT2D eigenvalue weighted by atomic mass is 10.1. The first-order chi connectivity index (χ1) is 9.08. The van der Waals surface area contributed by atoms with E-state index in [1.54, 1.807) is 25.3 Å². The van der Waals surface area contributed by atoms with Gasteiger partial charge in [-0.25, -0.2) is 4.39 Å². The molecule has 0 radical (unpaired) electrons. The van der Waals surface area contributed by atoms with Crippen LogP contribution in [0.5, 0.6) is 5.75 Å². The molecule has 0 aliphatic carbocycles. The fourth-order valence-electron chi connectivity index (χ4n) is 1.77. The molecule has 0 saturated heterocycles. The highest BCUT2D eigenvalue weighted by Gasteiger charge is 2.19. The number of aryl methyl sites for hydroxylation is 1. The topological polar surface area (TPSA) is 48.1 Å². The first-order valence-electron chi connectivity index (χ1n) is 6.17. The molecule has 4 heteroatoms. The molecule has 2 N–H and O–H groups in total. The Morgan fingerprint density at radius 2 is 2.05 bits per heavy atom. The van der Waals surface area contributed by atoms with E-state index in [0.717, 1.165) is 5.69 Å². The van der Waals surface area contributed by atoms with Crippen LogP contribution in [-0.2, 0) is 0 Å². The van der Waals surface area contributed by atoms with Gasteiger partial charge in [-0.05, 0) is 37.6 Å². The minimum Gasteiger partial charge on any atom is -0.482 e. The molecule has 1 aromatic carbocycles. The maximum Gasteiger partial charge on any atom is 0.155 e.